The average Bonchev–Trinajstić information content (AvgIpc) is 2.93. The number of rotatable bonds is 1. The second kappa shape index (κ2) is 13.1. The van der Waals surface area contributed by atoms with Gasteiger partial charge in [0.1, 0.15) is 5.75 Å². The maximum absolute atomic E-state index is 9.36. The van der Waals surface area contributed by atoms with Gasteiger partial charge in [-0.1, -0.05) is 46.5 Å². The number of aromatic hydroxyl groups is 1. The predicted molar refractivity (Wildman–Crippen MR) is 117 cm³/mol. The molecule has 141 valence electrons. The molecule has 0 saturated heterocycles. The van der Waals surface area contributed by atoms with Gasteiger partial charge in [-0.15, -0.1) is 31.2 Å². The van der Waals surface area contributed by atoms with Gasteiger partial charge in [0.05, 0.1) is 0 Å². The van der Waals surface area contributed by atoms with E-state index < -0.39 is 8.07 Å². The molecular formula is C20H33Cl2OSiTi. The number of aryl methyl sites for hydroxylation is 1. The Morgan fingerprint density at radius 2 is 1.60 bits per heavy atom. The van der Waals surface area contributed by atoms with Crippen molar-refractivity contribution in [2.75, 3.05) is 0 Å². The van der Waals surface area contributed by atoms with Crippen LogP contribution in [-0.2, 0) is 25.4 Å². The Morgan fingerprint density at radius 3 is 1.88 bits per heavy atom. The molecule has 0 radical (unpaired) electrons. The van der Waals surface area contributed by atoms with Crippen molar-refractivity contribution in [1.82, 2.24) is 0 Å². The van der Waals surface area contributed by atoms with Crippen LogP contribution in [0.5, 0.6) is 5.75 Å². The van der Waals surface area contributed by atoms with E-state index >= 15 is 0 Å². The van der Waals surface area contributed by atoms with Crippen LogP contribution in [0, 0.1) is 13.0 Å². The third-order valence-corrected chi connectivity index (χ3v) is 5.39. The molecule has 0 amide bonds. The molecule has 2 rings (SSSR count). The summed E-state index contributed by atoms with van der Waals surface area (Å²) in [5, 5.41) is 10.8. The minimum atomic E-state index is -1.01. The number of hydrogen-bond donors (Lipinski definition) is 1. The standard InChI is InChI=1S/C11H16O.C8H13Si.CH2.2ClH.Ti/c1-8-5-9(11(2,3)4)7-10(12)6-8;1-9(2,3)8-6-4-5-7-8;;;;/h5-7,12H,1-4H3;4,6H,5H2,1-3H3;1H2;2*1H;/q;-1;;;;+1. The molecule has 0 unspecified atom stereocenters. The minimum absolute atomic E-state index is 0. The Labute approximate surface area is 179 Å². The molecule has 1 N–H and O–H groups in total. The average molecular weight is 436 g/mol. The number of allylic oxidation sites excluding steroid dienone is 4. The molecule has 0 bridgehead atoms. The van der Waals surface area contributed by atoms with E-state index in [9.17, 15) is 5.11 Å². The van der Waals surface area contributed by atoms with Crippen molar-refractivity contribution in [1.29, 1.82) is 0 Å². The van der Waals surface area contributed by atoms with Gasteiger partial charge in [-0.05, 0) is 35.6 Å². The van der Waals surface area contributed by atoms with Crippen LogP contribution in [0.2, 0.25) is 19.6 Å². The molecule has 0 heterocycles. The van der Waals surface area contributed by atoms with E-state index in [1.165, 1.54) is 10.8 Å². The first-order valence-corrected chi connectivity index (χ1v) is 12.5. The number of halogens is 2. The second-order valence-electron chi connectivity index (χ2n) is 7.75. The van der Waals surface area contributed by atoms with Crippen molar-refractivity contribution in [3.63, 3.8) is 0 Å². The first-order chi connectivity index (χ1) is 10.5. The zero-order valence-corrected chi connectivity index (χ0v) is 20.8. The van der Waals surface area contributed by atoms with Crippen LogP contribution in [-0.4, -0.2) is 18.0 Å². The van der Waals surface area contributed by atoms with E-state index in [2.05, 4.69) is 69.5 Å². The summed E-state index contributed by atoms with van der Waals surface area (Å²) in [6, 6.07) is 5.71. The van der Waals surface area contributed by atoms with Gasteiger partial charge in [0.25, 0.3) is 0 Å². The Kier molecular flexibility index (Phi) is 15.5. The fraction of sp³-hybridized carbons (Fsp3) is 0.450. The summed E-state index contributed by atoms with van der Waals surface area (Å²) >= 11 is 1.75. The summed E-state index contributed by atoms with van der Waals surface area (Å²) in [6.45, 7) is 15.5. The van der Waals surface area contributed by atoms with Crippen molar-refractivity contribution in [3.05, 3.63) is 52.8 Å². The van der Waals surface area contributed by atoms with Gasteiger partial charge in [0.15, 0.2) is 0 Å². The molecule has 0 atom stereocenters. The molecular weight excluding hydrogens is 403 g/mol. The molecule has 25 heavy (non-hydrogen) atoms. The quantitative estimate of drug-likeness (QED) is 0.401. The first kappa shape index (κ1) is 29.6. The second-order valence-corrected chi connectivity index (χ2v) is 12.8. The van der Waals surface area contributed by atoms with E-state index in [0.29, 0.717) is 5.75 Å². The van der Waals surface area contributed by atoms with Crippen LogP contribution in [0.4, 0.5) is 0 Å². The van der Waals surface area contributed by atoms with E-state index in [1.54, 1.807) is 26.0 Å². The molecule has 0 aromatic heterocycles. The Bertz CT molecular complexity index is 550. The fourth-order valence-electron chi connectivity index (χ4n) is 2.12. The zero-order valence-electron chi connectivity index (χ0n) is 16.6. The van der Waals surface area contributed by atoms with Gasteiger partial charge in [0, 0.05) is 8.07 Å². The van der Waals surface area contributed by atoms with Gasteiger partial charge < -0.3 is 5.11 Å². The maximum atomic E-state index is 9.36. The van der Waals surface area contributed by atoms with Crippen molar-refractivity contribution >= 4 is 37.7 Å². The fourth-order valence-corrected chi connectivity index (χ4v) is 3.37. The van der Waals surface area contributed by atoms with E-state index in [1.807, 2.05) is 13.0 Å². The molecule has 1 aromatic carbocycles. The van der Waals surface area contributed by atoms with Crippen LogP contribution in [0.25, 0.3) is 0 Å². The van der Waals surface area contributed by atoms with Crippen LogP contribution in [0.1, 0.15) is 38.3 Å². The summed E-state index contributed by atoms with van der Waals surface area (Å²) in [5.41, 5.74) is 2.41. The SMILES string of the molecule is C[Si](C)(C)C1=[C-]CC=C1.Cc1cc(O)cc(C(C)(C)C)c1.Cl.Cl.[CH2]=[Ti+]. The van der Waals surface area contributed by atoms with Crippen LogP contribution >= 0.6 is 24.8 Å². The summed E-state index contributed by atoms with van der Waals surface area (Å²) < 4.78 is 0. The molecule has 0 fully saturated rings. The van der Waals surface area contributed by atoms with E-state index in [-0.39, 0.29) is 30.2 Å². The molecule has 0 spiro atoms. The summed E-state index contributed by atoms with van der Waals surface area (Å²) in [6.07, 6.45) is 8.82. The van der Waals surface area contributed by atoms with Crippen LogP contribution < -0.4 is 0 Å². The monoisotopic (exact) mass is 435 g/mol. The summed E-state index contributed by atoms with van der Waals surface area (Å²) in [4.78, 5) is 3.25. The normalized spacial score (nSPS) is 12.4. The Morgan fingerprint density at radius 1 is 1.08 bits per heavy atom. The Balaban J connectivity index is -0.000000336. The molecule has 1 nitrogen and oxygen atoms in total. The van der Waals surface area contributed by atoms with Gasteiger partial charge in [-0.3, -0.25) is 6.08 Å². The molecule has 1 aliphatic carbocycles. The molecule has 0 saturated carbocycles. The molecule has 1 aliphatic rings. The number of hydrogen-bond acceptors (Lipinski definition) is 1. The van der Waals surface area contributed by atoms with Crippen molar-refractivity contribution in [2.45, 2.75) is 59.2 Å². The zero-order chi connectivity index (χ0) is 18.3. The summed E-state index contributed by atoms with van der Waals surface area (Å²) in [5.74, 6) is 0.361. The van der Waals surface area contributed by atoms with Gasteiger partial charge in [-0.25, -0.2) is 11.3 Å². The van der Waals surface area contributed by atoms with E-state index in [0.717, 1.165) is 12.0 Å². The number of benzene rings is 1. The van der Waals surface area contributed by atoms with E-state index in [4.69, 9.17) is 0 Å². The van der Waals surface area contributed by atoms with Crippen LogP contribution in [0.15, 0.2) is 35.5 Å². The number of phenolic OH excluding ortho intramolecular Hbond substituents is 1. The van der Waals surface area contributed by atoms with Crippen molar-refractivity contribution < 1.29 is 25.1 Å². The topological polar surface area (TPSA) is 20.2 Å². The van der Waals surface area contributed by atoms with Gasteiger partial charge >= 0.3 is 24.8 Å². The summed E-state index contributed by atoms with van der Waals surface area (Å²) in [7, 11) is -1.01. The third kappa shape index (κ3) is 12.0. The van der Waals surface area contributed by atoms with Gasteiger partial charge in [0.2, 0.25) is 0 Å². The van der Waals surface area contributed by atoms with Gasteiger partial charge in [-0.2, -0.15) is 6.08 Å². The predicted octanol–water partition coefficient (Wildman–Crippen LogP) is 6.36. The van der Waals surface area contributed by atoms with Crippen LogP contribution in [0.3, 0.4) is 0 Å². The van der Waals surface area contributed by atoms with Crippen molar-refractivity contribution in [3.8, 4) is 5.75 Å². The first-order valence-electron chi connectivity index (χ1n) is 7.94. The number of phenols is 1. The molecule has 1 aromatic rings. The molecule has 5 heteroatoms. The Hall–Kier alpha value is -0.119. The van der Waals surface area contributed by atoms with Crippen molar-refractivity contribution in [2.24, 2.45) is 0 Å². The molecule has 0 aliphatic heterocycles. The third-order valence-electron chi connectivity index (χ3n) is 3.43.